The van der Waals surface area contributed by atoms with E-state index < -0.39 is 0 Å². The maximum absolute atomic E-state index is 13.2. The molecule has 0 atom stereocenters. The second-order valence-electron chi connectivity index (χ2n) is 8.34. The molecular weight excluding hydrogens is 374 g/mol. The van der Waals surface area contributed by atoms with Gasteiger partial charge in [0.1, 0.15) is 5.70 Å². The Morgan fingerprint density at radius 1 is 1.00 bits per heavy atom. The van der Waals surface area contributed by atoms with Gasteiger partial charge in [-0.25, -0.2) is 0 Å². The van der Waals surface area contributed by atoms with Gasteiger partial charge < -0.3 is 15.1 Å². The van der Waals surface area contributed by atoms with Crippen molar-refractivity contribution >= 4 is 23.6 Å². The van der Waals surface area contributed by atoms with E-state index in [0.717, 1.165) is 42.7 Å². The van der Waals surface area contributed by atoms with Gasteiger partial charge in [0.2, 0.25) is 0 Å². The van der Waals surface area contributed by atoms with E-state index in [-0.39, 0.29) is 11.8 Å². The van der Waals surface area contributed by atoms with E-state index in [4.69, 9.17) is 0 Å². The number of amides is 2. The fourth-order valence-corrected chi connectivity index (χ4v) is 3.47. The average molecular weight is 406 g/mol. The molecule has 1 fully saturated rings. The second kappa shape index (κ2) is 9.61. The predicted molar refractivity (Wildman–Crippen MR) is 122 cm³/mol. The molecule has 30 heavy (non-hydrogen) atoms. The molecule has 1 aliphatic rings. The summed E-state index contributed by atoms with van der Waals surface area (Å²) in [5.41, 5.74) is 3.89. The van der Waals surface area contributed by atoms with Gasteiger partial charge in [-0.05, 0) is 61.6 Å². The van der Waals surface area contributed by atoms with Crippen molar-refractivity contribution in [3.05, 3.63) is 70.9 Å². The number of hydrogen-bond donors (Lipinski definition) is 1. The smallest absolute Gasteiger partial charge is 0.270 e. The molecule has 0 aromatic heterocycles. The van der Waals surface area contributed by atoms with Crippen molar-refractivity contribution in [1.29, 1.82) is 0 Å². The lowest BCUT2D eigenvalue weighted by atomic mass is 9.99. The Balaban J connectivity index is 1.86. The van der Waals surface area contributed by atoms with Gasteiger partial charge in [0, 0.05) is 38.4 Å². The van der Waals surface area contributed by atoms with E-state index >= 15 is 0 Å². The Morgan fingerprint density at radius 2 is 1.60 bits per heavy atom. The molecule has 2 aromatic rings. The quantitative estimate of drug-likeness (QED) is 0.763. The Labute approximate surface area is 179 Å². The van der Waals surface area contributed by atoms with E-state index in [1.807, 2.05) is 67.2 Å². The van der Waals surface area contributed by atoms with Gasteiger partial charge >= 0.3 is 0 Å². The van der Waals surface area contributed by atoms with E-state index in [0.29, 0.717) is 17.2 Å². The van der Waals surface area contributed by atoms with Gasteiger partial charge in [0.15, 0.2) is 0 Å². The monoisotopic (exact) mass is 405 g/mol. The fourth-order valence-electron chi connectivity index (χ4n) is 3.47. The highest BCUT2D eigenvalue weighted by Gasteiger charge is 2.24. The largest absolute Gasteiger partial charge is 0.378 e. The van der Waals surface area contributed by atoms with Crippen LogP contribution in [0.3, 0.4) is 0 Å². The van der Waals surface area contributed by atoms with Crippen molar-refractivity contribution in [2.45, 2.75) is 26.7 Å². The summed E-state index contributed by atoms with van der Waals surface area (Å²) in [4.78, 5) is 29.9. The molecule has 1 saturated heterocycles. The summed E-state index contributed by atoms with van der Waals surface area (Å²) in [6.45, 7) is 5.63. The van der Waals surface area contributed by atoms with E-state index in [2.05, 4.69) is 12.2 Å². The van der Waals surface area contributed by atoms with Crippen LogP contribution < -0.4 is 10.2 Å². The second-order valence-corrected chi connectivity index (χ2v) is 8.34. The lowest BCUT2D eigenvalue weighted by Crippen LogP contribution is -2.42. The minimum Gasteiger partial charge on any atom is -0.378 e. The van der Waals surface area contributed by atoms with Gasteiger partial charge in [-0.15, -0.1) is 0 Å². The molecule has 1 aliphatic heterocycles. The molecule has 5 heteroatoms. The van der Waals surface area contributed by atoms with Crippen LogP contribution in [0.2, 0.25) is 0 Å². The Hall–Kier alpha value is -3.08. The van der Waals surface area contributed by atoms with Crippen LogP contribution in [0.15, 0.2) is 54.2 Å². The molecule has 3 rings (SSSR count). The van der Waals surface area contributed by atoms with Crippen LogP contribution in [0, 0.1) is 12.8 Å². The van der Waals surface area contributed by atoms with Crippen LogP contribution in [0.1, 0.15) is 41.3 Å². The number of rotatable bonds is 5. The first kappa shape index (κ1) is 21.6. The zero-order valence-corrected chi connectivity index (χ0v) is 18.3. The first-order valence-corrected chi connectivity index (χ1v) is 10.5. The topological polar surface area (TPSA) is 52.7 Å². The van der Waals surface area contributed by atoms with Gasteiger partial charge in [0.25, 0.3) is 11.8 Å². The third-order valence-corrected chi connectivity index (χ3v) is 5.58. The van der Waals surface area contributed by atoms with Gasteiger partial charge in [-0.3, -0.25) is 9.59 Å². The zero-order chi connectivity index (χ0) is 21.7. The summed E-state index contributed by atoms with van der Waals surface area (Å²) < 4.78 is 0. The number of anilines is 1. The lowest BCUT2D eigenvalue weighted by molar-refractivity contribution is -0.128. The number of benzene rings is 2. The summed E-state index contributed by atoms with van der Waals surface area (Å²) in [5, 5.41) is 2.87. The maximum Gasteiger partial charge on any atom is 0.270 e. The minimum absolute atomic E-state index is 0.126. The van der Waals surface area contributed by atoms with Crippen LogP contribution in [-0.2, 0) is 4.79 Å². The summed E-state index contributed by atoms with van der Waals surface area (Å²) >= 11 is 0. The first-order chi connectivity index (χ1) is 14.3. The Bertz CT molecular complexity index is 906. The van der Waals surface area contributed by atoms with Crippen molar-refractivity contribution in [3.8, 4) is 0 Å². The summed E-state index contributed by atoms with van der Waals surface area (Å²) in [6.07, 6.45) is 3.75. The zero-order valence-electron chi connectivity index (χ0n) is 18.3. The van der Waals surface area contributed by atoms with Gasteiger partial charge in [-0.1, -0.05) is 36.8 Å². The molecule has 1 N–H and O–H groups in total. The van der Waals surface area contributed by atoms with Gasteiger partial charge in [-0.2, -0.15) is 0 Å². The van der Waals surface area contributed by atoms with E-state index in [1.54, 1.807) is 18.2 Å². The number of likely N-dealkylation sites (tertiary alicyclic amines) is 1. The molecule has 0 unspecified atom stereocenters. The summed E-state index contributed by atoms with van der Waals surface area (Å²) in [5.74, 6) is 0.228. The number of carbonyl (C=O) groups is 2. The molecule has 1 heterocycles. The highest BCUT2D eigenvalue weighted by Crippen LogP contribution is 2.19. The first-order valence-electron chi connectivity index (χ1n) is 10.5. The van der Waals surface area contributed by atoms with Crippen LogP contribution in [0.4, 0.5) is 5.69 Å². The van der Waals surface area contributed by atoms with Crippen molar-refractivity contribution in [1.82, 2.24) is 10.2 Å². The van der Waals surface area contributed by atoms with Crippen LogP contribution in [0.25, 0.3) is 6.08 Å². The molecule has 0 saturated carbocycles. The molecule has 5 nitrogen and oxygen atoms in total. The molecule has 158 valence electrons. The van der Waals surface area contributed by atoms with E-state index in [9.17, 15) is 9.59 Å². The summed E-state index contributed by atoms with van der Waals surface area (Å²) in [6, 6.07) is 15.3. The van der Waals surface area contributed by atoms with Crippen LogP contribution in [0.5, 0.6) is 0 Å². The molecule has 0 spiro atoms. The molecule has 0 bridgehead atoms. The van der Waals surface area contributed by atoms with Crippen LogP contribution >= 0.6 is 0 Å². The molecule has 2 amide bonds. The Kier molecular flexibility index (Phi) is 6.93. The molecule has 0 aliphatic carbocycles. The maximum atomic E-state index is 13.2. The van der Waals surface area contributed by atoms with Gasteiger partial charge in [0.05, 0.1) is 0 Å². The number of piperidine rings is 1. The number of nitrogens with zero attached hydrogens (tertiary/aromatic N) is 2. The fraction of sp³-hybridized carbons (Fsp3) is 0.360. The Morgan fingerprint density at radius 3 is 2.17 bits per heavy atom. The normalized spacial score (nSPS) is 15.1. The molecule has 0 radical (unpaired) electrons. The number of carbonyl (C=O) groups excluding carboxylic acids is 2. The number of aryl methyl sites for hydroxylation is 1. The SMILES string of the molecule is Cc1ccc(C(=O)NC(=Cc2ccc(N(C)C)cc2)C(=O)N2CCC(C)CC2)cc1. The van der Waals surface area contributed by atoms with Crippen molar-refractivity contribution in [3.63, 3.8) is 0 Å². The average Bonchev–Trinajstić information content (AvgIpc) is 2.74. The van der Waals surface area contributed by atoms with Crippen molar-refractivity contribution in [2.75, 3.05) is 32.1 Å². The standard InChI is InChI=1S/C25H31N3O2/c1-18-5-9-21(10-6-18)24(29)26-23(25(30)28-15-13-19(2)14-16-28)17-20-7-11-22(12-8-20)27(3)4/h5-12,17,19H,13-16H2,1-4H3,(H,26,29). The molecule has 2 aromatic carbocycles. The van der Waals surface area contributed by atoms with Crippen molar-refractivity contribution in [2.24, 2.45) is 5.92 Å². The highest BCUT2D eigenvalue weighted by molar-refractivity contribution is 6.05. The minimum atomic E-state index is -0.273. The highest BCUT2D eigenvalue weighted by atomic mass is 16.2. The number of nitrogens with one attached hydrogen (secondary N) is 1. The van der Waals surface area contributed by atoms with E-state index in [1.165, 1.54) is 0 Å². The number of hydrogen-bond acceptors (Lipinski definition) is 3. The predicted octanol–water partition coefficient (Wildman–Crippen LogP) is 4.09. The van der Waals surface area contributed by atoms with Crippen molar-refractivity contribution < 1.29 is 9.59 Å². The summed E-state index contributed by atoms with van der Waals surface area (Å²) in [7, 11) is 3.97. The third-order valence-electron chi connectivity index (χ3n) is 5.58. The lowest BCUT2D eigenvalue weighted by Gasteiger charge is -2.31. The molecular formula is C25H31N3O2. The third kappa shape index (κ3) is 5.50. The van der Waals surface area contributed by atoms with Crippen LogP contribution in [-0.4, -0.2) is 43.9 Å².